The highest BCUT2D eigenvalue weighted by atomic mass is 16.5. The Bertz CT molecular complexity index is 621. The lowest BCUT2D eigenvalue weighted by Crippen LogP contribution is -2.58. The molecule has 1 aliphatic carbocycles. The largest absolute Gasteiger partial charge is 0.381 e. The molecule has 0 N–H and O–H groups in total. The van der Waals surface area contributed by atoms with E-state index in [0.717, 1.165) is 58.4 Å². The summed E-state index contributed by atoms with van der Waals surface area (Å²) in [6, 6.07) is 8.63. The van der Waals surface area contributed by atoms with Crippen LogP contribution in [0, 0.1) is 11.3 Å². The SMILES string of the molecule is CCOC[C@]12CCCO[C@H]1CCN(C(=O)CC1Cc3ccccc3C1)C2. The van der Waals surface area contributed by atoms with E-state index in [1.54, 1.807) is 0 Å². The lowest BCUT2D eigenvalue weighted by molar-refractivity contribution is -0.164. The quantitative estimate of drug-likeness (QED) is 0.812. The van der Waals surface area contributed by atoms with Crippen LogP contribution in [0.5, 0.6) is 0 Å². The van der Waals surface area contributed by atoms with Crippen LogP contribution >= 0.6 is 0 Å². The number of likely N-dealkylation sites (tertiary alicyclic amines) is 1. The minimum Gasteiger partial charge on any atom is -0.381 e. The predicted octanol–water partition coefficient (Wildman–Crippen LogP) is 3.23. The first-order valence-electron chi connectivity index (χ1n) is 10.2. The number of hydrogen-bond acceptors (Lipinski definition) is 3. The molecule has 2 heterocycles. The number of piperidine rings is 1. The molecule has 1 aromatic rings. The van der Waals surface area contributed by atoms with Crippen LogP contribution in [0.25, 0.3) is 0 Å². The van der Waals surface area contributed by atoms with Gasteiger partial charge in [0, 0.05) is 38.1 Å². The van der Waals surface area contributed by atoms with Crippen LogP contribution in [0.2, 0.25) is 0 Å². The van der Waals surface area contributed by atoms with Gasteiger partial charge in [-0.25, -0.2) is 0 Å². The van der Waals surface area contributed by atoms with Gasteiger partial charge < -0.3 is 14.4 Å². The van der Waals surface area contributed by atoms with Gasteiger partial charge in [0.2, 0.25) is 5.91 Å². The van der Waals surface area contributed by atoms with Crippen molar-refractivity contribution in [2.75, 3.05) is 32.9 Å². The van der Waals surface area contributed by atoms with Crippen molar-refractivity contribution in [3.8, 4) is 0 Å². The third-order valence-corrected chi connectivity index (χ3v) is 6.53. The standard InChI is InChI=1S/C22H31NO3/c1-2-25-16-22-9-5-11-26-20(22)8-10-23(15-22)21(24)14-17-12-18-6-3-4-7-19(18)13-17/h3-4,6-7,17,20H,2,5,8-16H2,1H3/t20-,22+/m0/s1. The van der Waals surface area contributed by atoms with Crippen LogP contribution in [0.1, 0.15) is 43.7 Å². The third kappa shape index (κ3) is 3.54. The zero-order chi connectivity index (χ0) is 18.0. The molecule has 2 fully saturated rings. The summed E-state index contributed by atoms with van der Waals surface area (Å²) in [5.41, 5.74) is 2.86. The van der Waals surface area contributed by atoms with E-state index in [0.29, 0.717) is 24.9 Å². The minimum absolute atomic E-state index is 0.000803. The Balaban J connectivity index is 1.39. The van der Waals surface area contributed by atoms with E-state index in [9.17, 15) is 4.79 Å². The number of amides is 1. The smallest absolute Gasteiger partial charge is 0.222 e. The molecule has 0 bridgehead atoms. The topological polar surface area (TPSA) is 38.8 Å². The van der Waals surface area contributed by atoms with Gasteiger partial charge in [-0.05, 0) is 56.1 Å². The summed E-state index contributed by atoms with van der Waals surface area (Å²) in [7, 11) is 0. The molecule has 1 aromatic carbocycles. The molecule has 0 unspecified atom stereocenters. The molecule has 4 nitrogen and oxygen atoms in total. The van der Waals surface area contributed by atoms with Crippen molar-refractivity contribution in [3.63, 3.8) is 0 Å². The fourth-order valence-corrected chi connectivity index (χ4v) is 5.19. The van der Waals surface area contributed by atoms with E-state index in [1.807, 2.05) is 6.92 Å². The van der Waals surface area contributed by atoms with Gasteiger partial charge in [0.1, 0.15) is 0 Å². The Hall–Kier alpha value is -1.39. The molecule has 0 radical (unpaired) electrons. The summed E-state index contributed by atoms with van der Waals surface area (Å²) in [6.45, 7) is 5.97. The number of benzene rings is 1. The Morgan fingerprint density at radius 2 is 2.08 bits per heavy atom. The molecule has 4 rings (SSSR count). The number of hydrogen-bond donors (Lipinski definition) is 0. The molecule has 2 atom stereocenters. The van der Waals surface area contributed by atoms with Crippen LogP contribution < -0.4 is 0 Å². The van der Waals surface area contributed by atoms with Gasteiger partial charge >= 0.3 is 0 Å². The van der Waals surface area contributed by atoms with Crippen molar-refractivity contribution < 1.29 is 14.3 Å². The molecule has 1 amide bonds. The monoisotopic (exact) mass is 357 g/mol. The van der Waals surface area contributed by atoms with Crippen LogP contribution in [-0.2, 0) is 27.1 Å². The first kappa shape index (κ1) is 18.0. The van der Waals surface area contributed by atoms with Gasteiger partial charge in [-0.15, -0.1) is 0 Å². The summed E-state index contributed by atoms with van der Waals surface area (Å²) in [6.07, 6.45) is 6.15. The van der Waals surface area contributed by atoms with Gasteiger partial charge in [-0.3, -0.25) is 4.79 Å². The van der Waals surface area contributed by atoms with Crippen molar-refractivity contribution in [1.82, 2.24) is 4.90 Å². The molecule has 0 spiro atoms. The van der Waals surface area contributed by atoms with E-state index in [4.69, 9.17) is 9.47 Å². The number of carbonyl (C=O) groups is 1. The summed E-state index contributed by atoms with van der Waals surface area (Å²) in [4.78, 5) is 15.1. The highest BCUT2D eigenvalue weighted by Crippen LogP contribution is 2.41. The van der Waals surface area contributed by atoms with E-state index in [-0.39, 0.29) is 11.5 Å². The van der Waals surface area contributed by atoms with E-state index in [2.05, 4.69) is 29.2 Å². The van der Waals surface area contributed by atoms with Crippen molar-refractivity contribution in [1.29, 1.82) is 0 Å². The number of rotatable bonds is 5. The highest BCUT2D eigenvalue weighted by molar-refractivity contribution is 5.77. The van der Waals surface area contributed by atoms with E-state index < -0.39 is 0 Å². The van der Waals surface area contributed by atoms with Crippen LogP contribution in [-0.4, -0.2) is 49.8 Å². The second-order valence-corrected chi connectivity index (χ2v) is 8.31. The maximum absolute atomic E-state index is 13.0. The molecular formula is C22H31NO3. The summed E-state index contributed by atoms with van der Waals surface area (Å²) in [5.74, 6) is 0.783. The molecule has 0 saturated carbocycles. The zero-order valence-electron chi connectivity index (χ0n) is 15.9. The molecule has 2 saturated heterocycles. The normalized spacial score (nSPS) is 28.7. The second-order valence-electron chi connectivity index (χ2n) is 8.31. The second kappa shape index (κ2) is 7.69. The number of ether oxygens (including phenoxy) is 2. The van der Waals surface area contributed by atoms with Gasteiger partial charge in [0.05, 0.1) is 12.7 Å². The summed E-state index contributed by atoms with van der Waals surface area (Å²) in [5, 5.41) is 0. The maximum atomic E-state index is 13.0. The maximum Gasteiger partial charge on any atom is 0.222 e. The van der Waals surface area contributed by atoms with Crippen molar-refractivity contribution in [2.45, 2.75) is 51.6 Å². The molecule has 4 heteroatoms. The summed E-state index contributed by atoms with van der Waals surface area (Å²) >= 11 is 0. The first-order chi connectivity index (χ1) is 12.7. The van der Waals surface area contributed by atoms with Crippen molar-refractivity contribution in [2.24, 2.45) is 11.3 Å². The highest BCUT2D eigenvalue weighted by Gasteiger charge is 2.47. The van der Waals surface area contributed by atoms with Crippen LogP contribution in [0.4, 0.5) is 0 Å². The van der Waals surface area contributed by atoms with Crippen molar-refractivity contribution >= 4 is 5.91 Å². The van der Waals surface area contributed by atoms with Crippen LogP contribution in [0.15, 0.2) is 24.3 Å². The Labute approximate surface area is 156 Å². The summed E-state index contributed by atoms with van der Waals surface area (Å²) < 4.78 is 11.9. The molecule has 26 heavy (non-hydrogen) atoms. The molecular weight excluding hydrogens is 326 g/mol. The number of fused-ring (bicyclic) bond motifs is 2. The Morgan fingerprint density at radius 3 is 2.81 bits per heavy atom. The average Bonchev–Trinajstić information content (AvgIpc) is 3.08. The molecule has 142 valence electrons. The van der Waals surface area contributed by atoms with Crippen LogP contribution in [0.3, 0.4) is 0 Å². The van der Waals surface area contributed by atoms with E-state index >= 15 is 0 Å². The predicted molar refractivity (Wildman–Crippen MR) is 101 cm³/mol. The molecule has 3 aliphatic rings. The first-order valence-corrected chi connectivity index (χ1v) is 10.2. The van der Waals surface area contributed by atoms with Gasteiger partial charge in [0.15, 0.2) is 0 Å². The zero-order valence-corrected chi connectivity index (χ0v) is 15.9. The van der Waals surface area contributed by atoms with Gasteiger partial charge in [-0.2, -0.15) is 0 Å². The van der Waals surface area contributed by atoms with Gasteiger partial charge in [0.25, 0.3) is 0 Å². The third-order valence-electron chi connectivity index (χ3n) is 6.53. The van der Waals surface area contributed by atoms with Gasteiger partial charge in [-0.1, -0.05) is 24.3 Å². The fraction of sp³-hybridized carbons (Fsp3) is 0.682. The lowest BCUT2D eigenvalue weighted by atomic mass is 9.73. The minimum atomic E-state index is 0.000803. The average molecular weight is 357 g/mol. The van der Waals surface area contributed by atoms with Crippen molar-refractivity contribution in [3.05, 3.63) is 35.4 Å². The number of nitrogens with zero attached hydrogens (tertiary/aromatic N) is 1. The Morgan fingerprint density at radius 1 is 1.31 bits per heavy atom. The number of carbonyl (C=O) groups excluding carboxylic acids is 1. The molecule has 0 aromatic heterocycles. The molecule has 2 aliphatic heterocycles. The van der Waals surface area contributed by atoms with E-state index in [1.165, 1.54) is 11.1 Å². The lowest BCUT2D eigenvalue weighted by Gasteiger charge is -2.50. The fourth-order valence-electron chi connectivity index (χ4n) is 5.19. The Kier molecular flexibility index (Phi) is 5.32.